The van der Waals surface area contributed by atoms with E-state index >= 15 is 0 Å². The molecule has 0 saturated carbocycles. The van der Waals surface area contributed by atoms with Crippen LogP contribution in [-0.2, 0) is 13.0 Å². The molecule has 1 aromatic heterocycles. The fourth-order valence-corrected chi connectivity index (χ4v) is 2.48. The third kappa shape index (κ3) is 1.96. The molecule has 0 spiro atoms. The van der Waals surface area contributed by atoms with Gasteiger partial charge in [0, 0.05) is 24.6 Å². The minimum atomic E-state index is 0.0744. The fraction of sp³-hybridized carbons (Fsp3) is 0.333. The number of benzene rings is 1. The van der Waals surface area contributed by atoms with Crippen molar-refractivity contribution in [2.24, 2.45) is 5.92 Å². The summed E-state index contributed by atoms with van der Waals surface area (Å²) in [7, 11) is 0. The zero-order chi connectivity index (χ0) is 12.5. The van der Waals surface area contributed by atoms with E-state index in [0.29, 0.717) is 5.92 Å². The molecule has 92 valence electrons. The van der Waals surface area contributed by atoms with Crippen LogP contribution in [0.3, 0.4) is 0 Å². The van der Waals surface area contributed by atoms with Gasteiger partial charge in [0.1, 0.15) is 5.82 Å². The molecule has 0 bridgehead atoms. The number of aryl methyl sites for hydroxylation is 1. The van der Waals surface area contributed by atoms with Crippen LogP contribution in [0.5, 0.6) is 0 Å². The van der Waals surface area contributed by atoms with Gasteiger partial charge in [0.15, 0.2) is 0 Å². The largest absolute Gasteiger partial charge is 0.296 e. The van der Waals surface area contributed by atoms with E-state index in [9.17, 15) is 4.79 Å². The van der Waals surface area contributed by atoms with Crippen molar-refractivity contribution in [3.05, 3.63) is 52.6 Å². The standard InChI is InChI=1S/C15H16N2O/c1-11-7-8-14-16-13(9-15(18)17(14)10-11)12-5-3-2-4-6-12/h2-6,9,11H,7-8,10H2,1H3/t11-/m0/s1. The highest BCUT2D eigenvalue weighted by Crippen LogP contribution is 2.20. The SMILES string of the molecule is C[C@H]1CCc2nc(-c3ccccc3)cc(=O)n2C1. The van der Waals surface area contributed by atoms with Crippen LogP contribution in [0.25, 0.3) is 11.3 Å². The Labute approximate surface area is 106 Å². The van der Waals surface area contributed by atoms with Crippen LogP contribution in [0.2, 0.25) is 0 Å². The first-order chi connectivity index (χ1) is 8.74. The monoisotopic (exact) mass is 240 g/mol. The van der Waals surface area contributed by atoms with Crippen LogP contribution >= 0.6 is 0 Å². The van der Waals surface area contributed by atoms with Gasteiger partial charge < -0.3 is 0 Å². The van der Waals surface area contributed by atoms with Crippen molar-refractivity contribution in [2.75, 3.05) is 0 Å². The predicted octanol–water partition coefficient (Wildman–Crippen LogP) is 2.49. The second-order valence-electron chi connectivity index (χ2n) is 5.02. The maximum absolute atomic E-state index is 12.1. The molecule has 0 radical (unpaired) electrons. The fourth-order valence-electron chi connectivity index (χ4n) is 2.48. The average Bonchev–Trinajstić information content (AvgIpc) is 2.40. The van der Waals surface area contributed by atoms with Crippen molar-refractivity contribution in [3.63, 3.8) is 0 Å². The number of aromatic nitrogens is 2. The second kappa shape index (κ2) is 4.41. The quantitative estimate of drug-likeness (QED) is 0.767. The van der Waals surface area contributed by atoms with Crippen molar-refractivity contribution in [3.8, 4) is 11.3 Å². The minimum absolute atomic E-state index is 0.0744. The zero-order valence-electron chi connectivity index (χ0n) is 10.5. The summed E-state index contributed by atoms with van der Waals surface area (Å²) in [4.78, 5) is 16.8. The Hall–Kier alpha value is -1.90. The molecule has 1 atom stereocenters. The molecule has 3 rings (SSSR count). The third-order valence-electron chi connectivity index (χ3n) is 3.51. The maximum Gasteiger partial charge on any atom is 0.254 e. The molecule has 0 aliphatic carbocycles. The molecular formula is C15H16N2O. The lowest BCUT2D eigenvalue weighted by Crippen LogP contribution is -2.31. The maximum atomic E-state index is 12.1. The van der Waals surface area contributed by atoms with E-state index in [1.54, 1.807) is 6.07 Å². The molecule has 1 aliphatic heterocycles. The molecule has 18 heavy (non-hydrogen) atoms. The van der Waals surface area contributed by atoms with Gasteiger partial charge in [-0.3, -0.25) is 9.36 Å². The summed E-state index contributed by atoms with van der Waals surface area (Å²) in [6.07, 6.45) is 2.02. The van der Waals surface area contributed by atoms with Crippen molar-refractivity contribution in [2.45, 2.75) is 26.3 Å². The van der Waals surface area contributed by atoms with Crippen LogP contribution in [0, 0.1) is 5.92 Å². The van der Waals surface area contributed by atoms with E-state index in [1.165, 1.54) is 0 Å². The summed E-state index contributed by atoms with van der Waals surface area (Å²) < 4.78 is 1.82. The van der Waals surface area contributed by atoms with Gasteiger partial charge in [0.25, 0.3) is 5.56 Å². The molecule has 3 nitrogen and oxygen atoms in total. The first kappa shape index (κ1) is 11.2. The highest BCUT2D eigenvalue weighted by molar-refractivity contribution is 5.58. The van der Waals surface area contributed by atoms with Crippen LogP contribution in [0.1, 0.15) is 19.2 Å². The molecular weight excluding hydrogens is 224 g/mol. The molecule has 0 amide bonds. The number of hydrogen-bond acceptors (Lipinski definition) is 2. The van der Waals surface area contributed by atoms with Crippen molar-refractivity contribution in [1.82, 2.24) is 9.55 Å². The molecule has 0 unspecified atom stereocenters. The molecule has 0 saturated heterocycles. The van der Waals surface area contributed by atoms with Crippen molar-refractivity contribution < 1.29 is 0 Å². The number of fused-ring (bicyclic) bond motifs is 1. The van der Waals surface area contributed by atoms with Crippen molar-refractivity contribution in [1.29, 1.82) is 0 Å². The van der Waals surface area contributed by atoms with Gasteiger partial charge in [-0.05, 0) is 12.3 Å². The lowest BCUT2D eigenvalue weighted by atomic mass is 10.0. The Morgan fingerprint density at radius 3 is 2.83 bits per heavy atom. The molecule has 3 heteroatoms. The Morgan fingerprint density at radius 1 is 1.28 bits per heavy atom. The summed E-state index contributed by atoms with van der Waals surface area (Å²) in [6.45, 7) is 2.98. The highest BCUT2D eigenvalue weighted by atomic mass is 16.1. The molecule has 0 fully saturated rings. The minimum Gasteiger partial charge on any atom is -0.296 e. The van der Waals surface area contributed by atoms with E-state index in [2.05, 4.69) is 11.9 Å². The summed E-state index contributed by atoms with van der Waals surface area (Å²) in [5, 5.41) is 0. The van der Waals surface area contributed by atoms with E-state index < -0.39 is 0 Å². The van der Waals surface area contributed by atoms with Crippen molar-refractivity contribution >= 4 is 0 Å². The topological polar surface area (TPSA) is 34.9 Å². The van der Waals surface area contributed by atoms with Crippen LogP contribution in [-0.4, -0.2) is 9.55 Å². The smallest absolute Gasteiger partial charge is 0.254 e. The van der Waals surface area contributed by atoms with Crippen LogP contribution in [0.4, 0.5) is 0 Å². The van der Waals surface area contributed by atoms with Gasteiger partial charge in [0.05, 0.1) is 5.69 Å². The highest BCUT2D eigenvalue weighted by Gasteiger charge is 2.17. The van der Waals surface area contributed by atoms with E-state index in [4.69, 9.17) is 0 Å². The molecule has 1 aromatic carbocycles. The lowest BCUT2D eigenvalue weighted by molar-refractivity contribution is 0.379. The lowest BCUT2D eigenvalue weighted by Gasteiger charge is -2.22. The second-order valence-corrected chi connectivity index (χ2v) is 5.02. The van der Waals surface area contributed by atoms with Gasteiger partial charge >= 0.3 is 0 Å². The van der Waals surface area contributed by atoms with Gasteiger partial charge in [0.2, 0.25) is 0 Å². The molecule has 1 aliphatic rings. The van der Waals surface area contributed by atoms with E-state index in [-0.39, 0.29) is 5.56 Å². The van der Waals surface area contributed by atoms with Crippen LogP contribution < -0.4 is 5.56 Å². The summed E-state index contributed by atoms with van der Waals surface area (Å²) in [5.41, 5.74) is 1.88. The molecule has 0 N–H and O–H groups in total. The summed E-state index contributed by atoms with van der Waals surface area (Å²) in [5.74, 6) is 1.50. The third-order valence-corrected chi connectivity index (χ3v) is 3.51. The Balaban J connectivity index is 2.10. The number of rotatable bonds is 1. The summed E-state index contributed by atoms with van der Waals surface area (Å²) in [6, 6.07) is 11.5. The van der Waals surface area contributed by atoms with E-state index in [0.717, 1.165) is 36.5 Å². The average molecular weight is 240 g/mol. The molecule has 2 aromatic rings. The Morgan fingerprint density at radius 2 is 2.06 bits per heavy atom. The first-order valence-corrected chi connectivity index (χ1v) is 6.40. The first-order valence-electron chi connectivity index (χ1n) is 6.40. The normalized spacial score (nSPS) is 18.4. The Bertz CT molecular complexity index is 616. The van der Waals surface area contributed by atoms with Gasteiger partial charge in [-0.2, -0.15) is 0 Å². The van der Waals surface area contributed by atoms with Gasteiger partial charge in [-0.25, -0.2) is 4.98 Å². The van der Waals surface area contributed by atoms with Gasteiger partial charge in [-0.1, -0.05) is 37.3 Å². The molecule has 2 heterocycles. The zero-order valence-corrected chi connectivity index (χ0v) is 10.5. The summed E-state index contributed by atoms with van der Waals surface area (Å²) >= 11 is 0. The number of hydrogen-bond donors (Lipinski definition) is 0. The predicted molar refractivity (Wildman–Crippen MR) is 71.4 cm³/mol. The van der Waals surface area contributed by atoms with Crippen LogP contribution in [0.15, 0.2) is 41.2 Å². The van der Waals surface area contributed by atoms with Gasteiger partial charge in [-0.15, -0.1) is 0 Å². The Kier molecular flexibility index (Phi) is 2.74. The number of nitrogens with zero attached hydrogens (tertiary/aromatic N) is 2. The van der Waals surface area contributed by atoms with E-state index in [1.807, 2.05) is 34.9 Å².